The van der Waals surface area contributed by atoms with Crippen LogP contribution in [0.4, 0.5) is 10.5 Å². The molecule has 0 radical (unpaired) electrons. The number of aromatic nitrogens is 2. The van der Waals surface area contributed by atoms with Gasteiger partial charge in [0.2, 0.25) is 0 Å². The van der Waals surface area contributed by atoms with E-state index in [4.69, 9.17) is 14.6 Å². The van der Waals surface area contributed by atoms with Gasteiger partial charge in [-0.3, -0.25) is 9.58 Å². The predicted octanol–water partition coefficient (Wildman–Crippen LogP) is 5.26. The number of aryl methyl sites for hydroxylation is 1. The van der Waals surface area contributed by atoms with Gasteiger partial charge in [-0.05, 0) is 61.0 Å². The minimum absolute atomic E-state index is 0.156. The molecule has 3 fully saturated rings. The third-order valence-electron chi connectivity index (χ3n) is 8.39. The van der Waals surface area contributed by atoms with E-state index >= 15 is 0 Å². The summed E-state index contributed by atoms with van der Waals surface area (Å²) in [6.07, 6.45) is 2.23. The normalized spacial score (nSPS) is 22.0. The zero-order valence-electron chi connectivity index (χ0n) is 22.7. The summed E-state index contributed by atoms with van der Waals surface area (Å²) in [4.78, 5) is 15.3. The molecule has 1 aromatic heterocycles. The van der Waals surface area contributed by atoms with Crippen molar-refractivity contribution in [2.45, 2.75) is 24.8 Å². The molecule has 4 atom stereocenters. The number of piperidine rings is 3. The number of anilines is 1. The topological polar surface area (TPSA) is 80.7 Å². The first-order valence-electron chi connectivity index (χ1n) is 13.6. The fraction of sp³-hybridized carbons (Fsp3) is 0.355. The molecule has 7 rings (SSSR count). The van der Waals surface area contributed by atoms with Crippen molar-refractivity contribution in [3.05, 3.63) is 72.4 Å². The number of nitrogens with one attached hydrogen (secondary N) is 2. The predicted molar refractivity (Wildman–Crippen MR) is 154 cm³/mol. The standard InChI is InChI=1S/C31H35N5O3/c1-35-28(17-27(34-35)22-11-12-29(38-2)30(16-22)39-3)25-19-36-14-13-21(25)15-23(36)18-32-31(37)33-26-10-6-8-20-7-4-5-9-24(20)26/h4-12,16-17,21,23,25H,13-15,18-19H2,1-3H3,(H2,32,33,37). The number of fused-ring (bicyclic) bond motifs is 4. The molecule has 2 amide bonds. The third-order valence-corrected chi connectivity index (χ3v) is 8.39. The summed E-state index contributed by atoms with van der Waals surface area (Å²) in [6, 6.07) is 22.4. The number of rotatable bonds is 7. The highest BCUT2D eigenvalue weighted by atomic mass is 16.5. The number of amides is 2. The smallest absolute Gasteiger partial charge is 0.319 e. The fourth-order valence-electron chi connectivity index (χ4n) is 6.36. The zero-order chi connectivity index (χ0) is 26.9. The van der Waals surface area contributed by atoms with E-state index in [-0.39, 0.29) is 6.03 Å². The van der Waals surface area contributed by atoms with Gasteiger partial charge in [0.05, 0.1) is 25.6 Å². The van der Waals surface area contributed by atoms with E-state index in [1.807, 2.05) is 60.3 Å². The number of nitrogens with zero attached hydrogens (tertiary/aromatic N) is 3. The van der Waals surface area contributed by atoms with Crippen LogP contribution in [0.3, 0.4) is 0 Å². The molecule has 0 saturated carbocycles. The highest BCUT2D eigenvalue weighted by Crippen LogP contribution is 2.42. The molecule has 4 aromatic rings. The van der Waals surface area contributed by atoms with Gasteiger partial charge >= 0.3 is 6.03 Å². The number of ether oxygens (including phenoxy) is 2. The lowest BCUT2D eigenvalue weighted by Gasteiger charge is -2.49. The first-order chi connectivity index (χ1) is 19.0. The summed E-state index contributed by atoms with van der Waals surface area (Å²) in [5, 5.41) is 13.2. The lowest BCUT2D eigenvalue weighted by atomic mass is 9.74. The second-order valence-electron chi connectivity index (χ2n) is 10.5. The quantitative estimate of drug-likeness (QED) is 0.344. The molecule has 8 heteroatoms. The van der Waals surface area contributed by atoms with Gasteiger partial charge in [-0.2, -0.15) is 5.10 Å². The molecule has 3 aromatic carbocycles. The maximum absolute atomic E-state index is 12.8. The van der Waals surface area contributed by atoms with Crippen LogP contribution in [0.15, 0.2) is 66.7 Å². The summed E-state index contributed by atoms with van der Waals surface area (Å²) in [5.74, 6) is 2.40. The average Bonchev–Trinajstić information content (AvgIpc) is 3.37. The van der Waals surface area contributed by atoms with Crippen molar-refractivity contribution in [2.75, 3.05) is 39.2 Å². The van der Waals surface area contributed by atoms with E-state index in [1.165, 1.54) is 12.1 Å². The Morgan fingerprint density at radius 1 is 1.03 bits per heavy atom. The van der Waals surface area contributed by atoms with Crippen molar-refractivity contribution >= 4 is 22.5 Å². The molecule has 3 saturated heterocycles. The lowest BCUT2D eigenvalue weighted by Crippen LogP contribution is -2.56. The second kappa shape index (κ2) is 10.6. The number of methoxy groups -OCH3 is 2. The first-order valence-corrected chi connectivity index (χ1v) is 13.6. The largest absolute Gasteiger partial charge is 0.493 e. The monoisotopic (exact) mass is 525 g/mol. The maximum Gasteiger partial charge on any atom is 0.319 e. The first kappa shape index (κ1) is 25.2. The Labute approximate surface area is 228 Å². The Kier molecular flexibility index (Phi) is 6.87. The van der Waals surface area contributed by atoms with Crippen molar-refractivity contribution in [3.63, 3.8) is 0 Å². The van der Waals surface area contributed by atoms with Crippen molar-refractivity contribution in [2.24, 2.45) is 13.0 Å². The van der Waals surface area contributed by atoms with Gasteiger partial charge in [-0.25, -0.2) is 4.79 Å². The van der Waals surface area contributed by atoms with Gasteiger partial charge in [-0.15, -0.1) is 0 Å². The summed E-state index contributed by atoms with van der Waals surface area (Å²) in [5.41, 5.74) is 4.04. The van der Waals surface area contributed by atoms with Crippen molar-refractivity contribution in [3.8, 4) is 22.8 Å². The van der Waals surface area contributed by atoms with E-state index in [2.05, 4.69) is 33.7 Å². The van der Waals surface area contributed by atoms with E-state index in [0.717, 1.165) is 47.2 Å². The number of hydrogen-bond donors (Lipinski definition) is 2. The Morgan fingerprint density at radius 3 is 2.64 bits per heavy atom. The van der Waals surface area contributed by atoms with E-state index in [9.17, 15) is 4.79 Å². The van der Waals surface area contributed by atoms with Crippen LogP contribution >= 0.6 is 0 Å². The molecular formula is C31H35N5O3. The van der Waals surface area contributed by atoms with Crippen LogP contribution in [-0.2, 0) is 7.05 Å². The molecule has 0 spiro atoms. The highest BCUT2D eigenvalue weighted by Gasteiger charge is 2.41. The van der Waals surface area contributed by atoms with Crippen molar-refractivity contribution in [1.29, 1.82) is 0 Å². The van der Waals surface area contributed by atoms with Crippen LogP contribution in [0.1, 0.15) is 24.5 Å². The highest BCUT2D eigenvalue weighted by molar-refractivity contribution is 6.01. The molecule has 4 unspecified atom stereocenters. The molecule has 0 aliphatic carbocycles. The van der Waals surface area contributed by atoms with Crippen LogP contribution in [0.2, 0.25) is 0 Å². The van der Waals surface area contributed by atoms with Gasteiger partial charge in [0.25, 0.3) is 0 Å². The van der Waals surface area contributed by atoms with Gasteiger partial charge in [0, 0.05) is 48.7 Å². The van der Waals surface area contributed by atoms with Gasteiger partial charge < -0.3 is 20.1 Å². The molecule has 39 heavy (non-hydrogen) atoms. The number of benzene rings is 3. The Balaban J connectivity index is 1.10. The van der Waals surface area contributed by atoms with Crippen LogP contribution in [-0.4, -0.2) is 60.6 Å². The number of carbonyl (C=O) groups is 1. The van der Waals surface area contributed by atoms with Crippen LogP contribution < -0.4 is 20.1 Å². The van der Waals surface area contributed by atoms with E-state index in [0.29, 0.717) is 35.9 Å². The minimum Gasteiger partial charge on any atom is -0.493 e. The van der Waals surface area contributed by atoms with Crippen molar-refractivity contribution in [1.82, 2.24) is 20.0 Å². The van der Waals surface area contributed by atoms with E-state index in [1.54, 1.807) is 14.2 Å². The minimum atomic E-state index is -0.156. The molecule has 8 nitrogen and oxygen atoms in total. The molecule has 2 bridgehead atoms. The third kappa shape index (κ3) is 4.92. The summed E-state index contributed by atoms with van der Waals surface area (Å²) in [6.45, 7) is 2.69. The summed E-state index contributed by atoms with van der Waals surface area (Å²) < 4.78 is 12.9. The molecule has 4 heterocycles. The fourth-order valence-corrected chi connectivity index (χ4v) is 6.36. The Hall–Kier alpha value is -4.04. The average molecular weight is 526 g/mol. The molecular weight excluding hydrogens is 490 g/mol. The number of carbonyl (C=O) groups excluding carboxylic acids is 1. The molecule has 202 valence electrons. The molecule has 2 N–H and O–H groups in total. The summed E-state index contributed by atoms with van der Waals surface area (Å²) >= 11 is 0. The maximum atomic E-state index is 12.8. The SMILES string of the molecule is COc1ccc(-c2cc(C3CN4CCC3CC4CNC(=O)Nc3cccc4ccccc34)n(C)n2)cc1OC. The molecule has 3 aliphatic rings. The van der Waals surface area contributed by atoms with Gasteiger partial charge in [0.15, 0.2) is 11.5 Å². The van der Waals surface area contributed by atoms with Gasteiger partial charge in [0.1, 0.15) is 0 Å². The zero-order valence-corrected chi connectivity index (χ0v) is 22.7. The van der Waals surface area contributed by atoms with Crippen LogP contribution in [0.25, 0.3) is 22.0 Å². The van der Waals surface area contributed by atoms with E-state index < -0.39 is 0 Å². The number of urea groups is 1. The lowest BCUT2D eigenvalue weighted by molar-refractivity contribution is 0.0296. The van der Waals surface area contributed by atoms with Crippen LogP contribution in [0.5, 0.6) is 11.5 Å². The Bertz CT molecular complexity index is 1490. The Morgan fingerprint density at radius 2 is 1.85 bits per heavy atom. The van der Waals surface area contributed by atoms with Crippen LogP contribution in [0, 0.1) is 5.92 Å². The number of hydrogen-bond acceptors (Lipinski definition) is 5. The van der Waals surface area contributed by atoms with Gasteiger partial charge in [-0.1, -0.05) is 36.4 Å². The summed E-state index contributed by atoms with van der Waals surface area (Å²) in [7, 11) is 5.33. The second-order valence-corrected chi connectivity index (χ2v) is 10.5. The van der Waals surface area contributed by atoms with Crippen molar-refractivity contribution < 1.29 is 14.3 Å². The molecule has 3 aliphatic heterocycles.